The monoisotopic (exact) mass is 259 g/mol. The van der Waals surface area contributed by atoms with Crippen LogP contribution in [0.15, 0.2) is 30.3 Å². The summed E-state index contributed by atoms with van der Waals surface area (Å²) in [6.45, 7) is 5.09. The van der Waals surface area contributed by atoms with Crippen molar-refractivity contribution in [3.05, 3.63) is 35.9 Å². The van der Waals surface area contributed by atoms with Crippen LogP contribution in [-0.4, -0.2) is 29.7 Å². The third-order valence-electron chi connectivity index (χ3n) is 3.89. The molecule has 0 aromatic heterocycles. The maximum atomic E-state index is 12.6. The fourth-order valence-electron chi connectivity index (χ4n) is 2.67. The molecule has 0 spiro atoms. The number of piperidine rings is 1. The van der Waals surface area contributed by atoms with Gasteiger partial charge in [-0.2, -0.15) is 0 Å². The van der Waals surface area contributed by atoms with Crippen LogP contribution in [0.4, 0.5) is 0 Å². The van der Waals surface area contributed by atoms with Crippen LogP contribution >= 0.6 is 0 Å². The van der Waals surface area contributed by atoms with Crippen molar-refractivity contribution in [2.24, 2.45) is 5.92 Å². The van der Waals surface area contributed by atoms with Crippen LogP contribution in [0.2, 0.25) is 0 Å². The number of amides is 1. The van der Waals surface area contributed by atoms with E-state index in [2.05, 4.69) is 0 Å². The fraction of sp³-hybridized carbons (Fsp3) is 0.500. The van der Waals surface area contributed by atoms with E-state index in [0.717, 1.165) is 12.0 Å². The average molecular weight is 259 g/mol. The van der Waals surface area contributed by atoms with E-state index in [4.69, 9.17) is 0 Å². The number of hydrogen-bond acceptors (Lipinski definition) is 2. The van der Waals surface area contributed by atoms with Crippen LogP contribution in [0.1, 0.15) is 38.2 Å². The Labute approximate surface area is 114 Å². The lowest BCUT2D eigenvalue weighted by atomic mass is 9.92. The van der Waals surface area contributed by atoms with Gasteiger partial charge in [-0.15, -0.1) is 0 Å². The van der Waals surface area contributed by atoms with E-state index in [1.54, 1.807) is 0 Å². The summed E-state index contributed by atoms with van der Waals surface area (Å²) in [6, 6.07) is 9.90. The van der Waals surface area contributed by atoms with Gasteiger partial charge in [-0.1, -0.05) is 44.2 Å². The number of hydrogen-bond donors (Lipinski definition) is 0. The molecule has 0 N–H and O–H groups in total. The minimum Gasteiger partial charge on any atom is -0.341 e. The predicted molar refractivity (Wildman–Crippen MR) is 74.8 cm³/mol. The summed E-state index contributed by atoms with van der Waals surface area (Å²) in [5, 5.41) is 0. The largest absolute Gasteiger partial charge is 0.341 e. The molecule has 0 radical (unpaired) electrons. The van der Waals surface area contributed by atoms with E-state index in [1.165, 1.54) is 0 Å². The van der Waals surface area contributed by atoms with Crippen molar-refractivity contribution in [2.75, 3.05) is 13.1 Å². The minimum atomic E-state index is -0.0818. The third kappa shape index (κ3) is 3.03. The SMILES string of the molecule is CCC(C(=O)N1CCC(=O)C(C)C1)c1ccccc1. The minimum absolute atomic E-state index is 0.0222. The second-order valence-corrected chi connectivity index (χ2v) is 5.27. The quantitative estimate of drug-likeness (QED) is 0.836. The highest BCUT2D eigenvalue weighted by Gasteiger charge is 2.30. The van der Waals surface area contributed by atoms with Crippen molar-refractivity contribution in [1.82, 2.24) is 4.90 Å². The summed E-state index contributed by atoms with van der Waals surface area (Å²) in [5.41, 5.74) is 1.07. The van der Waals surface area contributed by atoms with Gasteiger partial charge in [0, 0.05) is 25.4 Å². The molecule has 1 aliphatic rings. The summed E-state index contributed by atoms with van der Waals surface area (Å²) in [7, 11) is 0. The zero-order valence-electron chi connectivity index (χ0n) is 11.6. The Morgan fingerprint density at radius 1 is 1.37 bits per heavy atom. The van der Waals surface area contributed by atoms with Crippen LogP contribution in [0.25, 0.3) is 0 Å². The van der Waals surface area contributed by atoms with Gasteiger partial charge in [0.05, 0.1) is 5.92 Å². The van der Waals surface area contributed by atoms with Gasteiger partial charge in [-0.3, -0.25) is 9.59 Å². The molecule has 3 heteroatoms. The van der Waals surface area contributed by atoms with Gasteiger partial charge < -0.3 is 4.90 Å². The Morgan fingerprint density at radius 3 is 2.63 bits per heavy atom. The maximum absolute atomic E-state index is 12.6. The van der Waals surface area contributed by atoms with Gasteiger partial charge in [-0.25, -0.2) is 0 Å². The molecule has 19 heavy (non-hydrogen) atoms. The highest BCUT2D eigenvalue weighted by Crippen LogP contribution is 2.24. The topological polar surface area (TPSA) is 37.4 Å². The molecular formula is C16H21NO2. The molecule has 1 amide bonds. The van der Waals surface area contributed by atoms with Crippen LogP contribution in [-0.2, 0) is 9.59 Å². The molecule has 1 heterocycles. The predicted octanol–water partition coefficient (Wildman–Crippen LogP) is 2.62. The van der Waals surface area contributed by atoms with E-state index in [9.17, 15) is 9.59 Å². The van der Waals surface area contributed by atoms with Crippen LogP contribution < -0.4 is 0 Å². The first kappa shape index (κ1) is 13.8. The van der Waals surface area contributed by atoms with E-state index < -0.39 is 0 Å². The number of Topliss-reactive ketones (excluding diaryl/α,β-unsaturated/α-hetero) is 1. The highest BCUT2D eigenvalue weighted by molar-refractivity contribution is 5.87. The molecular weight excluding hydrogens is 238 g/mol. The number of nitrogens with zero attached hydrogens (tertiary/aromatic N) is 1. The molecule has 1 aromatic carbocycles. The van der Waals surface area contributed by atoms with Gasteiger partial charge in [-0.05, 0) is 12.0 Å². The number of rotatable bonds is 3. The summed E-state index contributed by atoms with van der Waals surface area (Å²) < 4.78 is 0. The van der Waals surface area contributed by atoms with Crippen molar-refractivity contribution in [1.29, 1.82) is 0 Å². The molecule has 2 rings (SSSR count). The summed E-state index contributed by atoms with van der Waals surface area (Å²) >= 11 is 0. The first-order chi connectivity index (χ1) is 9.13. The second kappa shape index (κ2) is 6.00. The van der Waals surface area contributed by atoms with E-state index >= 15 is 0 Å². The summed E-state index contributed by atoms with van der Waals surface area (Å²) in [6.07, 6.45) is 1.29. The first-order valence-electron chi connectivity index (χ1n) is 7.00. The molecule has 1 aliphatic heterocycles. The molecule has 1 fully saturated rings. The Kier molecular flexibility index (Phi) is 4.35. The molecule has 1 saturated heterocycles. The van der Waals surface area contributed by atoms with Gasteiger partial charge in [0.25, 0.3) is 0 Å². The maximum Gasteiger partial charge on any atom is 0.230 e. The molecule has 0 bridgehead atoms. The van der Waals surface area contributed by atoms with Crippen molar-refractivity contribution >= 4 is 11.7 Å². The number of carbonyl (C=O) groups is 2. The van der Waals surface area contributed by atoms with Crippen molar-refractivity contribution in [2.45, 2.75) is 32.6 Å². The fourth-order valence-corrected chi connectivity index (χ4v) is 2.67. The van der Waals surface area contributed by atoms with Gasteiger partial charge >= 0.3 is 0 Å². The van der Waals surface area contributed by atoms with Crippen LogP contribution in [0.3, 0.4) is 0 Å². The van der Waals surface area contributed by atoms with E-state index in [0.29, 0.717) is 19.5 Å². The Bertz CT molecular complexity index is 455. The Hall–Kier alpha value is -1.64. The highest BCUT2D eigenvalue weighted by atomic mass is 16.2. The number of carbonyl (C=O) groups excluding carboxylic acids is 2. The summed E-state index contributed by atoms with van der Waals surface area (Å²) in [5.74, 6) is 0.331. The number of ketones is 1. The molecule has 0 saturated carbocycles. The van der Waals surface area contributed by atoms with Gasteiger partial charge in [0.1, 0.15) is 5.78 Å². The van der Waals surface area contributed by atoms with Crippen molar-refractivity contribution in [3.8, 4) is 0 Å². The van der Waals surface area contributed by atoms with Gasteiger partial charge in [0.15, 0.2) is 0 Å². The van der Waals surface area contributed by atoms with Crippen molar-refractivity contribution in [3.63, 3.8) is 0 Å². The lowest BCUT2D eigenvalue weighted by Crippen LogP contribution is -2.45. The Morgan fingerprint density at radius 2 is 2.05 bits per heavy atom. The molecule has 0 aliphatic carbocycles. The van der Waals surface area contributed by atoms with Gasteiger partial charge in [0.2, 0.25) is 5.91 Å². The zero-order chi connectivity index (χ0) is 13.8. The molecule has 3 nitrogen and oxygen atoms in total. The second-order valence-electron chi connectivity index (χ2n) is 5.27. The number of likely N-dealkylation sites (tertiary alicyclic amines) is 1. The standard InChI is InChI=1S/C16H21NO2/c1-3-14(13-7-5-4-6-8-13)16(19)17-10-9-15(18)12(2)11-17/h4-8,12,14H,3,9-11H2,1-2H3. The van der Waals surface area contributed by atoms with E-state index in [-0.39, 0.29) is 23.5 Å². The molecule has 2 atom stereocenters. The third-order valence-corrected chi connectivity index (χ3v) is 3.89. The average Bonchev–Trinajstić information content (AvgIpc) is 2.44. The van der Waals surface area contributed by atoms with Crippen LogP contribution in [0.5, 0.6) is 0 Å². The van der Waals surface area contributed by atoms with Crippen molar-refractivity contribution < 1.29 is 9.59 Å². The number of benzene rings is 1. The Balaban J connectivity index is 2.11. The van der Waals surface area contributed by atoms with Crippen LogP contribution in [0, 0.1) is 5.92 Å². The molecule has 102 valence electrons. The molecule has 2 unspecified atom stereocenters. The first-order valence-corrected chi connectivity index (χ1v) is 7.00. The summed E-state index contributed by atoms with van der Waals surface area (Å²) in [4.78, 5) is 26.0. The zero-order valence-corrected chi connectivity index (χ0v) is 11.6. The normalized spacial score (nSPS) is 21.3. The van der Waals surface area contributed by atoms with E-state index in [1.807, 2.05) is 49.1 Å². The lowest BCUT2D eigenvalue weighted by Gasteiger charge is -2.32. The lowest BCUT2D eigenvalue weighted by molar-refractivity contribution is -0.138. The molecule has 1 aromatic rings. The smallest absolute Gasteiger partial charge is 0.230 e.